The molecule has 1 aliphatic heterocycles. The largest absolute Gasteiger partial charge is 0.507 e. The smallest absolute Gasteiger partial charge is 0.301 e. The lowest BCUT2D eigenvalue weighted by Gasteiger charge is -2.23. The van der Waals surface area contributed by atoms with Gasteiger partial charge in [-0.3, -0.25) is 14.5 Å². The van der Waals surface area contributed by atoms with Gasteiger partial charge in [0.05, 0.1) is 21.8 Å². The zero-order valence-corrected chi connectivity index (χ0v) is 20.2. The van der Waals surface area contributed by atoms with Crippen LogP contribution in [-0.2, 0) is 16.0 Å². The summed E-state index contributed by atoms with van der Waals surface area (Å²) < 4.78 is 0.941. The Morgan fingerprint density at radius 3 is 2.44 bits per heavy atom. The minimum Gasteiger partial charge on any atom is -0.507 e. The summed E-state index contributed by atoms with van der Waals surface area (Å²) in [7, 11) is 0. The van der Waals surface area contributed by atoms with Crippen molar-refractivity contribution in [3.05, 3.63) is 99.6 Å². The van der Waals surface area contributed by atoms with Gasteiger partial charge in [0.2, 0.25) is 0 Å². The Morgan fingerprint density at radius 1 is 1.06 bits per heavy atom. The van der Waals surface area contributed by atoms with Crippen molar-refractivity contribution in [2.75, 3.05) is 4.90 Å². The summed E-state index contributed by atoms with van der Waals surface area (Å²) in [5.41, 5.74) is 4.14. The molecule has 4 aromatic rings. The quantitative estimate of drug-likeness (QED) is 0.204. The minimum atomic E-state index is -0.803. The Morgan fingerprint density at radius 2 is 1.76 bits per heavy atom. The van der Waals surface area contributed by atoms with Crippen LogP contribution in [0.15, 0.2) is 72.3 Å². The van der Waals surface area contributed by atoms with E-state index in [9.17, 15) is 14.7 Å². The maximum Gasteiger partial charge on any atom is 0.301 e. The van der Waals surface area contributed by atoms with Crippen molar-refractivity contribution in [3.63, 3.8) is 0 Å². The highest BCUT2D eigenvalue weighted by atomic mass is 35.5. The fourth-order valence-electron chi connectivity index (χ4n) is 4.14. The first kappa shape index (κ1) is 22.3. The first-order valence-corrected chi connectivity index (χ1v) is 12.1. The van der Waals surface area contributed by atoms with E-state index in [1.165, 1.54) is 21.8 Å². The third-order valence-electron chi connectivity index (χ3n) is 6.01. The molecule has 0 saturated carbocycles. The SMILES string of the molecule is CCc1ccc2nc(N3C(=O)C(=O)/C(=C(/O)c4ccc(Cl)cc4)C3c3ccc(C)cc3)sc2c1. The monoisotopic (exact) mass is 488 g/mol. The molecule has 5 rings (SSSR count). The van der Waals surface area contributed by atoms with Crippen LogP contribution in [0.5, 0.6) is 0 Å². The van der Waals surface area contributed by atoms with Gasteiger partial charge in [-0.1, -0.05) is 65.8 Å². The number of aryl methyl sites for hydroxylation is 2. The predicted molar refractivity (Wildman–Crippen MR) is 136 cm³/mol. The van der Waals surface area contributed by atoms with E-state index < -0.39 is 17.7 Å². The summed E-state index contributed by atoms with van der Waals surface area (Å²) in [5.74, 6) is -1.69. The van der Waals surface area contributed by atoms with Crippen molar-refractivity contribution in [2.45, 2.75) is 26.3 Å². The summed E-state index contributed by atoms with van der Waals surface area (Å²) in [4.78, 5) is 32.7. The summed E-state index contributed by atoms with van der Waals surface area (Å²) in [6.07, 6.45) is 0.887. The fraction of sp³-hybridized carbons (Fsp3) is 0.148. The van der Waals surface area contributed by atoms with Crippen LogP contribution in [-0.4, -0.2) is 21.8 Å². The lowest BCUT2D eigenvalue weighted by molar-refractivity contribution is -0.132. The highest BCUT2D eigenvalue weighted by Crippen LogP contribution is 2.44. The van der Waals surface area contributed by atoms with Gasteiger partial charge >= 0.3 is 5.91 Å². The molecule has 1 aromatic heterocycles. The van der Waals surface area contributed by atoms with Crippen LogP contribution in [0.4, 0.5) is 5.13 Å². The molecule has 7 heteroatoms. The summed E-state index contributed by atoms with van der Waals surface area (Å²) >= 11 is 7.36. The molecule has 34 heavy (non-hydrogen) atoms. The molecule has 170 valence electrons. The van der Waals surface area contributed by atoms with Crippen LogP contribution >= 0.6 is 22.9 Å². The van der Waals surface area contributed by atoms with Crippen LogP contribution in [0, 0.1) is 6.92 Å². The molecule has 3 aromatic carbocycles. The van der Waals surface area contributed by atoms with Crippen LogP contribution in [0.3, 0.4) is 0 Å². The molecule has 0 spiro atoms. The van der Waals surface area contributed by atoms with Crippen molar-refractivity contribution in [1.29, 1.82) is 0 Å². The average molecular weight is 489 g/mol. The van der Waals surface area contributed by atoms with Gasteiger partial charge in [0.1, 0.15) is 5.76 Å². The van der Waals surface area contributed by atoms with E-state index in [4.69, 9.17) is 11.6 Å². The average Bonchev–Trinajstić information content (AvgIpc) is 3.37. The van der Waals surface area contributed by atoms with Gasteiger partial charge in [-0.15, -0.1) is 0 Å². The second-order valence-corrected chi connectivity index (χ2v) is 9.68. The van der Waals surface area contributed by atoms with Crippen molar-refractivity contribution < 1.29 is 14.7 Å². The number of fused-ring (bicyclic) bond motifs is 1. The number of benzene rings is 3. The molecule has 0 aliphatic carbocycles. The van der Waals surface area contributed by atoms with Gasteiger partial charge in [0, 0.05) is 10.6 Å². The highest BCUT2D eigenvalue weighted by Gasteiger charge is 2.48. The number of carbonyl (C=O) groups is 2. The number of aromatic nitrogens is 1. The van der Waals surface area contributed by atoms with E-state index in [2.05, 4.69) is 18.0 Å². The second kappa shape index (κ2) is 8.70. The molecular weight excluding hydrogens is 468 g/mol. The van der Waals surface area contributed by atoms with Gasteiger partial charge in [0.25, 0.3) is 5.78 Å². The van der Waals surface area contributed by atoms with Crippen LogP contribution < -0.4 is 4.90 Å². The molecule has 1 atom stereocenters. The normalized spacial score (nSPS) is 17.6. The van der Waals surface area contributed by atoms with Crippen LogP contribution in [0.2, 0.25) is 5.02 Å². The maximum absolute atomic E-state index is 13.3. The number of carbonyl (C=O) groups excluding carboxylic acids is 2. The van der Waals surface area contributed by atoms with Gasteiger partial charge in [-0.2, -0.15) is 0 Å². The molecule has 1 fully saturated rings. The van der Waals surface area contributed by atoms with Crippen LogP contribution in [0.25, 0.3) is 16.0 Å². The number of thiazole rings is 1. The minimum absolute atomic E-state index is 0.0321. The Labute approximate surface area is 205 Å². The van der Waals surface area contributed by atoms with Crippen molar-refractivity contribution in [3.8, 4) is 0 Å². The van der Waals surface area contributed by atoms with Crippen molar-refractivity contribution in [1.82, 2.24) is 4.98 Å². The first-order chi connectivity index (χ1) is 16.4. The Bertz CT molecular complexity index is 1460. The number of halogens is 1. The number of Topliss-reactive ketones (excluding diaryl/α,β-unsaturated/α-hetero) is 1. The number of rotatable bonds is 4. The Hall–Kier alpha value is -3.48. The van der Waals surface area contributed by atoms with Crippen molar-refractivity contribution >= 4 is 55.7 Å². The molecule has 1 N–H and O–H groups in total. The summed E-state index contributed by atoms with van der Waals surface area (Å²) in [6.45, 7) is 4.04. The topological polar surface area (TPSA) is 70.5 Å². The molecule has 1 amide bonds. The maximum atomic E-state index is 13.3. The highest BCUT2D eigenvalue weighted by molar-refractivity contribution is 7.22. The van der Waals surface area contributed by atoms with Gasteiger partial charge in [-0.25, -0.2) is 4.98 Å². The van der Waals surface area contributed by atoms with E-state index in [0.29, 0.717) is 21.3 Å². The summed E-state index contributed by atoms with van der Waals surface area (Å²) in [5, 5.41) is 12.1. The standard InChI is InChI=1S/C27H21ClN2O3S/c1-3-16-6-13-20-21(14-16)34-27(29-20)30-23(17-7-4-15(2)5-8-17)22(25(32)26(30)33)24(31)18-9-11-19(28)12-10-18/h4-14,23,31H,3H2,1-2H3/b24-22+. The van der Waals surface area contributed by atoms with E-state index in [1.807, 2.05) is 43.3 Å². The molecule has 5 nitrogen and oxygen atoms in total. The molecule has 0 radical (unpaired) electrons. The summed E-state index contributed by atoms with van der Waals surface area (Å²) in [6, 6.07) is 19.3. The van der Waals surface area contributed by atoms with Crippen molar-refractivity contribution in [2.24, 2.45) is 0 Å². The number of aliphatic hydroxyl groups is 1. The zero-order chi connectivity index (χ0) is 24.0. The molecular formula is C27H21ClN2O3S. The number of hydrogen-bond donors (Lipinski definition) is 1. The molecule has 1 aliphatic rings. The lowest BCUT2D eigenvalue weighted by atomic mass is 9.95. The second-order valence-electron chi connectivity index (χ2n) is 8.24. The Balaban J connectivity index is 1.71. The third-order valence-corrected chi connectivity index (χ3v) is 7.28. The molecule has 1 saturated heterocycles. The lowest BCUT2D eigenvalue weighted by Crippen LogP contribution is -2.29. The van der Waals surface area contributed by atoms with Gasteiger partial charge in [0.15, 0.2) is 5.13 Å². The molecule has 1 unspecified atom stereocenters. The molecule has 0 bridgehead atoms. The number of ketones is 1. The van der Waals surface area contributed by atoms with Gasteiger partial charge < -0.3 is 5.11 Å². The number of aliphatic hydroxyl groups excluding tert-OH is 1. The first-order valence-electron chi connectivity index (χ1n) is 10.9. The van der Waals surface area contributed by atoms with E-state index >= 15 is 0 Å². The van der Waals surface area contributed by atoms with E-state index in [1.54, 1.807) is 24.3 Å². The molecule has 2 heterocycles. The number of hydrogen-bond acceptors (Lipinski definition) is 5. The fourth-order valence-corrected chi connectivity index (χ4v) is 5.32. The number of anilines is 1. The van der Waals surface area contributed by atoms with Crippen LogP contribution in [0.1, 0.15) is 35.2 Å². The Kier molecular flexibility index (Phi) is 5.71. The van der Waals surface area contributed by atoms with Gasteiger partial charge in [-0.05, 0) is 60.9 Å². The third kappa shape index (κ3) is 3.79. The number of amides is 1. The zero-order valence-electron chi connectivity index (χ0n) is 18.6. The van der Waals surface area contributed by atoms with E-state index in [-0.39, 0.29) is 11.3 Å². The predicted octanol–water partition coefficient (Wildman–Crippen LogP) is 6.45. The number of nitrogens with zero attached hydrogens (tertiary/aromatic N) is 2. The van der Waals surface area contributed by atoms with E-state index in [0.717, 1.165) is 22.2 Å².